The zero-order valence-corrected chi connectivity index (χ0v) is 9.83. The van der Waals surface area contributed by atoms with Crippen LogP contribution in [-0.4, -0.2) is 6.54 Å². The molecule has 0 aliphatic carbocycles. The lowest BCUT2D eigenvalue weighted by Gasteiger charge is -2.14. The van der Waals surface area contributed by atoms with Gasteiger partial charge in [0, 0.05) is 16.6 Å². The Hall–Kier alpha value is -0.120. The SMILES string of the molecule is Fc1c(Br)ccc(Cl)c1C1CCCN1. The van der Waals surface area contributed by atoms with E-state index >= 15 is 0 Å². The molecule has 1 aromatic carbocycles. The average Bonchev–Trinajstić information content (AvgIpc) is 2.65. The highest BCUT2D eigenvalue weighted by Gasteiger charge is 2.23. The molecular formula is C10H10BrClFN. The molecule has 1 N–H and O–H groups in total. The van der Waals surface area contributed by atoms with Gasteiger partial charge in [-0.05, 0) is 47.4 Å². The molecule has 1 heterocycles. The summed E-state index contributed by atoms with van der Waals surface area (Å²) in [6.45, 7) is 0.937. The second-order valence-electron chi connectivity index (χ2n) is 3.41. The Morgan fingerprint density at radius 3 is 2.93 bits per heavy atom. The Labute approximate surface area is 95.8 Å². The zero-order valence-electron chi connectivity index (χ0n) is 7.49. The van der Waals surface area contributed by atoms with Gasteiger partial charge in [-0.15, -0.1) is 0 Å². The summed E-state index contributed by atoms with van der Waals surface area (Å²) >= 11 is 9.15. The zero-order chi connectivity index (χ0) is 10.1. The molecule has 1 aliphatic heterocycles. The Morgan fingerprint density at radius 1 is 1.50 bits per heavy atom. The third kappa shape index (κ3) is 1.81. The van der Waals surface area contributed by atoms with E-state index in [0.29, 0.717) is 15.1 Å². The van der Waals surface area contributed by atoms with Gasteiger partial charge in [-0.3, -0.25) is 0 Å². The summed E-state index contributed by atoms with van der Waals surface area (Å²) in [4.78, 5) is 0. The minimum atomic E-state index is -0.239. The van der Waals surface area contributed by atoms with Crippen LogP contribution in [0.1, 0.15) is 24.4 Å². The Morgan fingerprint density at radius 2 is 2.29 bits per heavy atom. The molecule has 0 saturated carbocycles. The van der Waals surface area contributed by atoms with Crippen LogP contribution in [0.25, 0.3) is 0 Å². The third-order valence-electron chi connectivity index (χ3n) is 2.49. The molecule has 1 nitrogen and oxygen atoms in total. The topological polar surface area (TPSA) is 12.0 Å². The van der Waals surface area contributed by atoms with Gasteiger partial charge < -0.3 is 5.32 Å². The van der Waals surface area contributed by atoms with E-state index in [1.807, 2.05) is 0 Å². The van der Waals surface area contributed by atoms with Gasteiger partial charge in [0.1, 0.15) is 5.82 Å². The molecule has 14 heavy (non-hydrogen) atoms. The van der Waals surface area contributed by atoms with Crippen LogP contribution in [0.15, 0.2) is 16.6 Å². The van der Waals surface area contributed by atoms with Crippen LogP contribution in [0.3, 0.4) is 0 Å². The first-order chi connectivity index (χ1) is 6.70. The molecule has 76 valence electrons. The van der Waals surface area contributed by atoms with E-state index in [1.54, 1.807) is 12.1 Å². The lowest BCUT2D eigenvalue weighted by Crippen LogP contribution is -2.15. The van der Waals surface area contributed by atoms with Crippen molar-refractivity contribution < 1.29 is 4.39 Å². The van der Waals surface area contributed by atoms with Crippen LogP contribution in [-0.2, 0) is 0 Å². The quantitative estimate of drug-likeness (QED) is 0.773. The normalized spacial score (nSPS) is 21.5. The average molecular weight is 279 g/mol. The Bertz CT molecular complexity index is 350. The largest absolute Gasteiger partial charge is 0.310 e. The van der Waals surface area contributed by atoms with Crippen molar-refractivity contribution in [1.29, 1.82) is 0 Å². The maximum atomic E-state index is 13.7. The molecule has 0 amide bonds. The van der Waals surface area contributed by atoms with Crippen molar-refractivity contribution in [2.75, 3.05) is 6.54 Å². The summed E-state index contributed by atoms with van der Waals surface area (Å²) in [5, 5.41) is 3.74. The molecule has 2 rings (SSSR count). The maximum Gasteiger partial charge on any atom is 0.143 e. The van der Waals surface area contributed by atoms with E-state index in [-0.39, 0.29) is 11.9 Å². The monoisotopic (exact) mass is 277 g/mol. The van der Waals surface area contributed by atoms with Gasteiger partial charge in [-0.1, -0.05) is 11.6 Å². The molecule has 0 bridgehead atoms. The standard InChI is InChI=1S/C10H10BrClFN/c11-6-3-4-7(12)9(10(6)13)8-2-1-5-14-8/h3-4,8,14H,1-2,5H2. The summed E-state index contributed by atoms with van der Waals surface area (Å²) in [6, 6.07) is 3.43. The van der Waals surface area contributed by atoms with E-state index in [0.717, 1.165) is 19.4 Å². The number of halogens is 3. The molecule has 1 aliphatic rings. The van der Waals surface area contributed by atoms with Gasteiger partial charge >= 0.3 is 0 Å². The number of hydrogen-bond donors (Lipinski definition) is 1. The van der Waals surface area contributed by atoms with E-state index in [1.165, 1.54) is 0 Å². The van der Waals surface area contributed by atoms with Crippen LogP contribution < -0.4 is 5.32 Å². The molecule has 1 atom stereocenters. The lowest BCUT2D eigenvalue weighted by atomic mass is 10.0. The van der Waals surface area contributed by atoms with Crippen molar-refractivity contribution >= 4 is 27.5 Å². The smallest absolute Gasteiger partial charge is 0.143 e. The second-order valence-corrected chi connectivity index (χ2v) is 4.67. The molecule has 0 aromatic heterocycles. The van der Waals surface area contributed by atoms with Gasteiger partial charge in [0.05, 0.1) is 4.47 Å². The molecule has 1 aromatic rings. The summed E-state index contributed by atoms with van der Waals surface area (Å²) in [6.07, 6.45) is 2.03. The van der Waals surface area contributed by atoms with Crippen LogP contribution in [0.5, 0.6) is 0 Å². The summed E-state index contributed by atoms with van der Waals surface area (Å²) in [7, 11) is 0. The molecule has 1 saturated heterocycles. The number of hydrogen-bond acceptors (Lipinski definition) is 1. The third-order valence-corrected chi connectivity index (χ3v) is 3.43. The number of nitrogens with one attached hydrogen (secondary N) is 1. The van der Waals surface area contributed by atoms with Crippen molar-refractivity contribution in [1.82, 2.24) is 5.32 Å². The molecular weight excluding hydrogens is 268 g/mol. The molecule has 0 radical (unpaired) electrons. The molecule has 4 heteroatoms. The molecule has 1 fully saturated rings. The summed E-state index contributed by atoms with van der Waals surface area (Å²) in [5.74, 6) is -0.239. The van der Waals surface area contributed by atoms with Crippen LogP contribution in [0, 0.1) is 5.82 Å². The van der Waals surface area contributed by atoms with Gasteiger partial charge in [0.2, 0.25) is 0 Å². The molecule has 0 spiro atoms. The van der Waals surface area contributed by atoms with Crippen molar-refractivity contribution in [3.63, 3.8) is 0 Å². The van der Waals surface area contributed by atoms with Gasteiger partial charge in [-0.25, -0.2) is 4.39 Å². The van der Waals surface area contributed by atoms with Crippen molar-refractivity contribution in [2.45, 2.75) is 18.9 Å². The fourth-order valence-electron chi connectivity index (χ4n) is 1.79. The van der Waals surface area contributed by atoms with E-state index < -0.39 is 0 Å². The first-order valence-electron chi connectivity index (χ1n) is 4.57. The Balaban J connectivity index is 2.44. The first kappa shape index (κ1) is 10.4. The number of rotatable bonds is 1. The highest BCUT2D eigenvalue weighted by molar-refractivity contribution is 9.10. The van der Waals surface area contributed by atoms with Crippen LogP contribution in [0.4, 0.5) is 4.39 Å². The van der Waals surface area contributed by atoms with E-state index in [4.69, 9.17) is 11.6 Å². The first-order valence-corrected chi connectivity index (χ1v) is 5.74. The van der Waals surface area contributed by atoms with Crippen LogP contribution >= 0.6 is 27.5 Å². The highest BCUT2D eigenvalue weighted by atomic mass is 79.9. The predicted octanol–water partition coefficient (Wildman–Crippen LogP) is 3.67. The van der Waals surface area contributed by atoms with E-state index in [2.05, 4.69) is 21.2 Å². The fourth-order valence-corrected chi connectivity index (χ4v) is 2.42. The van der Waals surface area contributed by atoms with Gasteiger partial charge in [-0.2, -0.15) is 0 Å². The van der Waals surface area contributed by atoms with Gasteiger partial charge in [0.15, 0.2) is 0 Å². The summed E-state index contributed by atoms with van der Waals surface area (Å²) < 4.78 is 14.2. The fraction of sp³-hybridized carbons (Fsp3) is 0.400. The minimum absolute atomic E-state index is 0.0694. The predicted molar refractivity (Wildman–Crippen MR) is 59.1 cm³/mol. The second kappa shape index (κ2) is 4.17. The van der Waals surface area contributed by atoms with E-state index in [9.17, 15) is 4.39 Å². The summed E-state index contributed by atoms with van der Waals surface area (Å²) in [5.41, 5.74) is 0.596. The maximum absolute atomic E-state index is 13.7. The van der Waals surface area contributed by atoms with Crippen molar-refractivity contribution in [3.8, 4) is 0 Å². The van der Waals surface area contributed by atoms with Crippen molar-refractivity contribution in [2.24, 2.45) is 0 Å². The Kier molecular flexibility index (Phi) is 3.10. The van der Waals surface area contributed by atoms with Crippen LogP contribution in [0.2, 0.25) is 5.02 Å². The number of benzene rings is 1. The lowest BCUT2D eigenvalue weighted by molar-refractivity contribution is 0.554. The van der Waals surface area contributed by atoms with Crippen molar-refractivity contribution in [3.05, 3.63) is 33.0 Å². The minimum Gasteiger partial charge on any atom is -0.310 e. The van der Waals surface area contributed by atoms with Gasteiger partial charge in [0.25, 0.3) is 0 Å². The highest BCUT2D eigenvalue weighted by Crippen LogP contribution is 2.34. The molecule has 1 unspecified atom stereocenters.